The molecule has 3 rings (SSSR count). The molecule has 2 atom stereocenters. The first-order valence-electron chi connectivity index (χ1n) is 9.30. The highest BCUT2D eigenvalue weighted by Crippen LogP contribution is 2.22. The fourth-order valence-electron chi connectivity index (χ4n) is 3.56. The van der Waals surface area contributed by atoms with Crippen LogP contribution in [0.4, 0.5) is 0 Å². The van der Waals surface area contributed by atoms with Crippen LogP contribution in [0.15, 0.2) is 29.3 Å². The van der Waals surface area contributed by atoms with Crippen molar-refractivity contribution in [2.45, 2.75) is 38.5 Å². The van der Waals surface area contributed by atoms with Gasteiger partial charge < -0.3 is 20.1 Å². The number of hydrogen-bond acceptors (Lipinski definition) is 4. The van der Waals surface area contributed by atoms with Crippen molar-refractivity contribution < 1.29 is 9.47 Å². The second-order valence-corrected chi connectivity index (χ2v) is 6.63. The number of aliphatic imine (C=N–C) groups is 1. The SMILES string of the molecule is CCNC(=NCc1ccccc1OC)NCC1CN2CCCC2CO1.I. The fourth-order valence-corrected chi connectivity index (χ4v) is 3.56. The summed E-state index contributed by atoms with van der Waals surface area (Å²) in [5.41, 5.74) is 1.08. The number of halogens is 1. The Balaban J connectivity index is 0.00000243. The van der Waals surface area contributed by atoms with Crippen molar-refractivity contribution in [3.63, 3.8) is 0 Å². The Hall–Kier alpha value is -1.06. The van der Waals surface area contributed by atoms with Crippen molar-refractivity contribution in [2.24, 2.45) is 4.99 Å². The molecule has 0 radical (unpaired) electrons. The largest absolute Gasteiger partial charge is 0.496 e. The zero-order valence-corrected chi connectivity index (χ0v) is 18.1. The molecule has 2 N–H and O–H groups in total. The lowest BCUT2D eigenvalue weighted by Crippen LogP contribution is -2.51. The molecule has 2 fully saturated rings. The molecule has 2 unspecified atom stereocenters. The summed E-state index contributed by atoms with van der Waals surface area (Å²) >= 11 is 0. The van der Waals surface area contributed by atoms with Crippen LogP contribution in [0.1, 0.15) is 25.3 Å². The average molecular weight is 474 g/mol. The number of guanidine groups is 1. The van der Waals surface area contributed by atoms with Gasteiger partial charge in [-0.2, -0.15) is 0 Å². The third kappa shape index (κ3) is 5.72. The van der Waals surface area contributed by atoms with Crippen LogP contribution < -0.4 is 15.4 Å². The Morgan fingerprint density at radius 1 is 1.35 bits per heavy atom. The molecule has 2 saturated heterocycles. The molecule has 0 bridgehead atoms. The molecule has 1 aromatic carbocycles. The molecule has 1 aromatic rings. The number of para-hydroxylation sites is 1. The van der Waals surface area contributed by atoms with Crippen LogP contribution >= 0.6 is 24.0 Å². The Morgan fingerprint density at radius 2 is 2.19 bits per heavy atom. The minimum Gasteiger partial charge on any atom is -0.496 e. The van der Waals surface area contributed by atoms with E-state index in [1.165, 1.54) is 19.4 Å². The van der Waals surface area contributed by atoms with Crippen LogP contribution in [0.3, 0.4) is 0 Å². The smallest absolute Gasteiger partial charge is 0.191 e. The number of benzene rings is 1. The van der Waals surface area contributed by atoms with Crippen molar-refractivity contribution in [1.29, 1.82) is 0 Å². The molecule has 0 aromatic heterocycles. The van der Waals surface area contributed by atoms with E-state index in [4.69, 9.17) is 9.47 Å². The Labute approximate surface area is 173 Å². The van der Waals surface area contributed by atoms with Crippen LogP contribution in [-0.2, 0) is 11.3 Å². The van der Waals surface area contributed by atoms with E-state index < -0.39 is 0 Å². The summed E-state index contributed by atoms with van der Waals surface area (Å²) in [6, 6.07) is 8.64. The molecule has 2 aliphatic rings. The van der Waals surface area contributed by atoms with Gasteiger partial charge in [0.2, 0.25) is 0 Å². The van der Waals surface area contributed by atoms with Crippen LogP contribution in [0.5, 0.6) is 5.75 Å². The van der Waals surface area contributed by atoms with Gasteiger partial charge in [0.25, 0.3) is 0 Å². The van der Waals surface area contributed by atoms with Crippen molar-refractivity contribution in [3.05, 3.63) is 29.8 Å². The number of nitrogens with one attached hydrogen (secondary N) is 2. The van der Waals surface area contributed by atoms with Gasteiger partial charge >= 0.3 is 0 Å². The third-order valence-corrected chi connectivity index (χ3v) is 4.90. The molecule has 7 heteroatoms. The van der Waals surface area contributed by atoms with Crippen LogP contribution in [-0.4, -0.2) is 62.9 Å². The maximum absolute atomic E-state index is 6.01. The summed E-state index contributed by atoms with van der Waals surface area (Å²) in [4.78, 5) is 7.25. The van der Waals surface area contributed by atoms with E-state index in [1.807, 2.05) is 24.3 Å². The monoisotopic (exact) mass is 474 g/mol. The van der Waals surface area contributed by atoms with E-state index in [0.29, 0.717) is 12.6 Å². The lowest BCUT2D eigenvalue weighted by molar-refractivity contribution is -0.0453. The number of nitrogens with zero attached hydrogens (tertiary/aromatic N) is 2. The van der Waals surface area contributed by atoms with Crippen LogP contribution in [0, 0.1) is 0 Å². The van der Waals surface area contributed by atoms with Crippen molar-refractivity contribution in [3.8, 4) is 5.75 Å². The predicted molar refractivity (Wildman–Crippen MR) is 116 cm³/mol. The van der Waals surface area contributed by atoms with E-state index >= 15 is 0 Å². The van der Waals surface area contributed by atoms with E-state index in [1.54, 1.807) is 7.11 Å². The summed E-state index contributed by atoms with van der Waals surface area (Å²) < 4.78 is 11.4. The molecular formula is C19H31IN4O2. The molecule has 2 aliphatic heterocycles. The molecule has 0 aliphatic carbocycles. The Morgan fingerprint density at radius 3 is 3.00 bits per heavy atom. The van der Waals surface area contributed by atoms with Gasteiger partial charge in [0.05, 0.1) is 26.4 Å². The predicted octanol–water partition coefficient (Wildman–Crippen LogP) is 2.23. The third-order valence-electron chi connectivity index (χ3n) is 4.90. The van der Waals surface area contributed by atoms with Gasteiger partial charge in [-0.1, -0.05) is 18.2 Å². The number of morpholine rings is 1. The summed E-state index contributed by atoms with van der Waals surface area (Å²) in [5.74, 6) is 1.69. The Bertz CT molecular complexity index is 584. The minimum atomic E-state index is 0. The van der Waals surface area contributed by atoms with Gasteiger partial charge in [-0.25, -0.2) is 4.99 Å². The van der Waals surface area contributed by atoms with Crippen LogP contribution in [0.25, 0.3) is 0 Å². The molecule has 6 nitrogen and oxygen atoms in total. The van der Waals surface area contributed by atoms with Gasteiger partial charge in [0.1, 0.15) is 5.75 Å². The lowest BCUT2D eigenvalue weighted by atomic mass is 10.2. The first-order chi connectivity index (χ1) is 12.3. The Kier molecular flexibility index (Phi) is 8.94. The van der Waals surface area contributed by atoms with Gasteiger partial charge in [-0.15, -0.1) is 24.0 Å². The van der Waals surface area contributed by atoms with E-state index in [9.17, 15) is 0 Å². The van der Waals surface area contributed by atoms with Gasteiger partial charge in [-0.05, 0) is 32.4 Å². The molecule has 0 amide bonds. The van der Waals surface area contributed by atoms with Gasteiger partial charge in [-0.3, -0.25) is 4.90 Å². The number of fused-ring (bicyclic) bond motifs is 1. The fraction of sp³-hybridized carbons (Fsp3) is 0.632. The highest BCUT2D eigenvalue weighted by atomic mass is 127. The summed E-state index contributed by atoms with van der Waals surface area (Å²) in [6.45, 7) is 7.36. The highest BCUT2D eigenvalue weighted by molar-refractivity contribution is 14.0. The first kappa shape index (κ1) is 21.2. The minimum absolute atomic E-state index is 0. The zero-order chi connectivity index (χ0) is 17.5. The number of rotatable bonds is 6. The molecular weight excluding hydrogens is 443 g/mol. The van der Waals surface area contributed by atoms with E-state index in [0.717, 1.165) is 43.5 Å². The molecule has 26 heavy (non-hydrogen) atoms. The van der Waals surface area contributed by atoms with E-state index in [2.05, 4.69) is 27.4 Å². The maximum atomic E-state index is 6.01. The second kappa shape index (κ2) is 10.9. The zero-order valence-electron chi connectivity index (χ0n) is 15.7. The van der Waals surface area contributed by atoms with Gasteiger partial charge in [0, 0.05) is 31.2 Å². The topological polar surface area (TPSA) is 58.1 Å². The summed E-state index contributed by atoms with van der Waals surface area (Å²) in [5, 5.41) is 6.73. The molecule has 146 valence electrons. The van der Waals surface area contributed by atoms with Crippen molar-refractivity contribution in [1.82, 2.24) is 15.5 Å². The first-order valence-corrected chi connectivity index (χ1v) is 9.30. The normalized spacial score (nSPS) is 23.1. The summed E-state index contributed by atoms with van der Waals surface area (Å²) in [6.07, 6.45) is 2.81. The maximum Gasteiger partial charge on any atom is 0.191 e. The molecule has 2 heterocycles. The van der Waals surface area contributed by atoms with Crippen molar-refractivity contribution in [2.75, 3.05) is 39.9 Å². The summed E-state index contributed by atoms with van der Waals surface area (Å²) in [7, 11) is 1.69. The number of methoxy groups -OCH3 is 1. The van der Waals surface area contributed by atoms with Crippen LogP contribution in [0.2, 0.25) is 0 Å². The van der Waals surface area contributed by atoms with Crippen molar-refractivity contribution >= 4 is 29.9 Å². The quantitative estimate of drug-likeness (QED) is 0.377. The molecule has 0 saturated carbocycles. The molecule has 0 spiro atoms. The average Bonchev–Trinajstić information content (AvgIpc) is 3.12. The lowest BCUT2D eigenvalue weighted by Gasteiger charge is -2.35. The number of hydrogen-bond donors (Lipinski definition) is 2. The van der Waals surface area contributed by atoms with E-state index in [-0.39, 0.29) is 30.1 Å². The van der Waals surface area contributed by atoms with Gasteiger partial charge in [0.15, 0.2) is 5.96 Å². The second-order valence-electron chi connectivity index (χ2n) is 6.63. The highest BCUT2D eigenvalue weighted by Gasteiger charge is 2.32. The standard InChI is InChI=1S/C19H30N4O2.HI/c1-3-20-19(21-11-15-7-4-5-9-18(15)24-2)22-12-17-13-23-10-6-8-16(23)14-25-17;/h4-5,7,9,16-17H,3,6,8,10-14H2,1-2H3,(H2,20,21,22);1H. The number of ether oxygens (including phenoxy) is 2.